The van der Waals surface area contributed by atoms with Crippen LogP contribution in [-0.2, 0) is 14.9 Å². The molecule has 0 aliphatic heterocycles. The molecule has 0 heterocycles. The lowest BCUT2D eigenvalue weighted by molar-refractivity contribution is -0.112. The summed E-state index contributed by atoms with van der Waals surface area (Å²) in [6.07, 6.45) is 3.42. The van der Waals surface area contributed by atoms with Crippen LogP contribution < -0.4 is 10.6 Å². The summed E-state index contributed by atoms with van der Waals surface area (Å²) in [6, 6.07) is 7.08. The molecule has 1 aliphatic carbocycles. The van der Waals surface area contributed by atoms with Crippen LogP contribution >= 0.6 is 0 Å². The van der Waals surface area contributed by atoms with Gasteiger partial charge >= 0.3 is 0 Å². The minimum Gasteiger partial charge on any atom is -0.387 e. The van der Waals surface area contributed by atoms with Crippen LogP contribution in [0.1, 0.15) is 12.8 Å². The van der Waals surface area contributed by atoms with Crippen LogP contribution in [0.5, 0.6) is 0 Å². The highest BCUT2D eigenvalue weighted by atomic mass is 32.2. The van der Waals surface area contributed by atoms with Crippen molar-refractivity contribution in [1.82, 2.24) is 5.32 Å². The Balaban J connectivity index is 2.04. The molecule has 110 valence electrons. The van der Waals surface area contributed by atoms with Gasteiger partial charge < -0.3 is 10.6 Å². The third-order valence-corrected chi connectivity index (χ3v) is 3.68. The van der Waals surface area contributed by atoms with Crippen molar-refractivity contribution in [2.45, 2.75) is 23.8 Å². The van der Waals surface area contributed by atoms with Crippen LogP contribution in [0.3, 0.4) is 0 Å². The van der Waals surface area contributed by atoms with Gasteiger partial charge in [-0.3, -0.25) is 9.35 Å². The van der Waals surface area contributed by atoms with Gasteiger partial charge in [-0.15, -0.1) is 0 Å². The second-order valence-electron chi connectivity index (χ2n) is 4.56. The average Bonchev–Trinajstić information content (AvgIpc) is 3.23. The molecule has 21 heavy (non-hydrogen) atoms. The van der Waals surface area contributed by atoms with E-state index in [2.05, 4.69) is 10.6 Å². The fourth-order valence-electron chi connectivity index (χ4n) is 1.51. The van der Waals surface area contributed by atoms with Crippen molar-refractivity contribution >= 4 is 21.7 Å². The van der Waals surface area contributed by atoms with Crippen molar-refractivity contribution in [2.24, 2.45) is 0 Å². The summed E-state index contributed by atoms with van der Waals surface area (Å²) in [7, 11) is -4.27. The number of anilines is 1. The van der Waals surface area contributed by atoms with Crippen LogP contribution in [0, 0.1) is 11.3 Å². The number of amides is 1. The Labute approximate surface area is 122 Å². The Bertz CT molecular complexity index is 713. The topological polar surface area (TPSA) is 119 Å². The van der Waals surface area contributed by atoms with Gasteiger partial charge in [0.2, 0.25) is 0 Å². The molecular weight excluding hydrogens is 294 g/mol. The lowest BCUT2D eigenvalue weighted by Crippen LogP contribution is -2.17. The Kier molecular flexibility index (Phi) is 4.26. The molecule has 1 amide bonds. The molecule has 7 nitrogen and oxygen atoms in total. The number of carbonyl (C=O) groups excluding carboxylic acids is 1. The molecule has 8 heteroatoms. The molecule has 1 saturated carbocycles. The van der Waals surface area contributed by atoms with Gasteiger partial charge in [0.1, 0.15) is 11.6 Å². The first-order chi connectivity index (χ1) is 9.90. The first-order valence-corrected chi connectivity index (χ1v) is 7.59. The van der Waals surface area contributed by atoms with Crippen LogP contribution in [0.15, 0.2) is 40.9 Å². The Morgan fingerprint density at radius 1 is 1.33 bits per heavy atom. The van der Waals surface area contributed by atoms with Gasteiger partial charge in [0.15, 0.2) is 0 Å². The van der Waals surface area contributed by atoms with Crippen molar-refractivity contribution in [3.63, 3.8) is 0 Å². The second-order valence-corrected chi connectivity index (χ2v) is 5.99. The number of hydrogen-bond acceptors (Lipinski definition) is 5. The molecule has 0 atom stereocenters. The summed E-state index contributed by atoms with van der Waals surface area (Å²) in [5.74, 6) is -0.592. The lowest BCUT2D eigenvalue weighted by Gasteiger charge is -2.05. The van der Waals surface area contributed by atoms with E-state index in [4.69, 9.17) is 9.81 Å². The third-order valence-electron chi connectivity index (χ3n) is 2.82. The fourth-order valence-corrected chi connectivity index (χ4v) is 1.99. The quantitative estimate of drug-likeness (QED) is 0.424. The molecule has 1 aromatic rings. The van der Waals surface area contributed by atoms with Gasteiger partial charge in [0.25, 0.3) is 16.0 Å². The Morgan fingerprint density at radius 3 is 2.43 bits per heavy atom. The van der Waals surface area contributed by atoms with E-state index in [1.54, 1.807) is 6.07 Å². The van der Waals surface area contributed by atoms with Crippen LogP contribution in [0.2, 0.25) is 0 Å². The van der Waals surface area contributed by atoms with E-state index in [1.165, 1.54) is 18.3 Å². The zero-order chi connectivity index (χ0) is 15.5. The van der Waals surface area contributed by atoms with Crippen LogP contribution in [-0.4, -0.2) is 24.9 Å². The molecule has 2 rings (SSSR count). The first-order valence-electron chi connectivity index (χ1n) is 6.15. The fraction of sp³-hybridized carbons (Fsp3) is 0.231. The number of nitrogens with one attached hydrogen (secondary N) is 2. The first kappa shape index (κ1) is 15.0. The molecular formula is C13H13N3O4S. The van der Waals surface area contributed by atoms with Crippen molar-refractivity contribution in [1.29, 1.82) is 5.26 Å². The maximum Gasteiger partial charge on any atom is 0.294 e. The maximum atomic E-state index is 11.8. The van der Waals surface area contributed by atoms with Gasteiger partial charge in [-0.1, -0.05) is 0 Å². The van der Waals surface area contributed by atoms with Crippen LogP contribution in [0.4, 0.5) is 5.69 Å². The SMILES string of the molecule is N#C/C(=C/NC1CC1)C(=O)Nc1ccc(S(=O)(=O)O)cc1. The van der Waals surface area contributed by atoms with Crippen LogP contribution in [0.25, 0.3) is 0 Å². The number of rotatable bonds is 5. The predicted molar refractivity (Wildman–Crippen MR) is 74.7 cm³/mol. The molecule has 0 saturated heterocycles. The van der Waals surface area contributed by atoms with Crippen molar-refractivity contribution in [2.75, 3.05) is 5.32 Å². The van der Waals surface area contributed by atoms with E-state index in [9.17, 15) is 13.2 Å². The molecule has 3 N–H and O–H groups in total. The van der Waals surface area contributed by atoms with E-state index >= 15 is 0 Å². The highest BCUT2D eigenvalue weighted by molar-refractivity contribution is 7.85. The minimum atomic E-state index is -4.27. The highest BCUT2D eigenvalue weighted by Crippen LogP contribution is 2.19. The predicted octanol–water partition coefficient (Wildman–Crippen LogP) is 1.03. The number of benzene rings is 1. The number of carbonyl (C=O) groups is 1. The summed E-state index contributed by atoms with van der Waals surface area (Å²) < 4.78 is 30.6. The number of nitrogens with zero attached hydrogens (tertiary/aromatic N) is 1. The standard InChI is InChI=1S/C13H13N3O4S/c14-7-9(8-15-10-1-2-10)13(17)16-11-3-5-12(6-4-11)21(18,19)20/h3-6,8,10,15H,1-2H2,(H,16,17)(H,18,19,20)/b9-8-. The number of nitriles is 1. The molecule has 0 radical (unpaired) electrons. The highest BCUT2D eigenvalue weighted by Gasteiger charge is 2.20. The zero-order valence-electron chi connectivity index (χ0n) is 10.9. The van der Waals surface area contributed by atoms with Gasteiger partial charge in [-0.25, -0.2) is 0 Å². The summed E-state index contributed by atoms with van der Waals surface area (Å²) in [4.78, 5) is 11.6. The van der Waals surface area contributed by atoms with Gasteiger partial charge in [-0.05, 0) is 37.1 Å². The smallest absolute Gasteiger partial charge is 0.294 e. The van der Waals surface area contributed by atoms with E-state index in [0.29, 0.717) is 11.7 Å². The Hall–Kier alpha value is -2.37. The molecule has 0 spiro atoms. The van der Waals surface area contributed by atoms with Gasteiger partial charge in [-0.2, -0.15) is 13.7 Å². The Morgan fingerprint density at radius 2 is 1.95 bits per heavy atom. The largest absolute Gasteiger partial charge is 0.387 e. The van der Waals surface area contributed by atoms with E-state index in [-0.39, 0.29) is 10.5 Å². The lowest BCUT2D eigenvalue weighted by atomic mass is 10.2. The van der Waals surface area contributed by atoms with Gasteiger partial charge in [0, 0.05) is 17.9 Å². The molecule has 1 aromatic carbocycles. The maximum absolute atomic E-state index is 11.8. The second kappa shape index (κ2) is 5.95. The summed E-state index contributed by atoms with van der Waals surface area (Å²) >= 11 is 0. The molecule has 0 unspecified atom stereocenters. The summed E-state index contributed by atoms with van der Waals surface area (Å²) in [6.45, 7) is 0. The van der Waals surface area contributed by atoms with E-state index in [0.717, 1.165) is 25.0 Å². The minimum absolute atomic E-state index is 0.0687. The van der Waals surface area contributed by atoms with Crippen molar-refractivity contribution in [3.05, 3.63) is 36.0 Å². The molecule has 0 aromatic heterocycles. The zero-order valence-corrected chi connectivity index (χ0v) is 11.7. The molecule has 1 fully saturated rings. The van der Waals surface area contributed by atoms with E-state index in [1.807, 2.05) is 0 Å². The monoisotopic (exact) mass is 307 g/mol. The average molecular weight is 307 g/mol. The van der Waals surface area contributed by atoms with Crippen molar-refractivity contribution < 1.29 is 17.8 Å². The number of hydrogen-bond donors (Lipinski definition) is 3. The summed E-state index contributed by atoms with van der Waals surface area (Å²) in [5.41, 5.74) is 0.251. The third kappa shape index (κ3) is 4.30. The normalized spacial score (nSPS) is 15.1. The van der Waals surface area contributed by atoms with Gasteiger partial charge in [0.05, 0.1) is 4.90 Å². The molecule has 1 aliphatic rings. The van der Waals surface area contributed by atoms with E-state index < -0.39 is 16.0 Å². The molecule has 0 bridgehead atoms. The summed E-state index contributed by atoms with van der Waals surface area (Å²) in [5, 5.41) is 14.3. The van der Waals surface area contributed by atoms with Crippen molar-refractivity contribution in [3.8, 4) is 6.07 Å².